The first-order valence-corrected chi connectivity index (χ1v) is 5.95. The first-order valence-electron chi connectivity index (χ1n) is 5.57. The number of nitrogens with one attached hydrogen (secondary N) is 1. The first-order chi connectivity index (χ1) is 7.66. The van der Waals surface area contributed by atoms with Crippen LogP contribution in [0.2, 0.25) is 5.15 Å². The number of hydrogen-bond acceptors (Lipinski definition) is 2. The number of hydrogen-bond donors (Lipinski definition) is 1. The molecule has 1 aromatic heterocycles. The Bertz CT molecular complexity index is 390. The van der Waals surface area contributed by atoms with Crippen LogP contribution in [0.3, 0.4) is 0 Å². The van der Waals surface area contributed by atoms with Crippen molar-refractivity contribution >= 4 is 17.5 Å². The van der Waals surface area contributed by atoms with Gasteiger partial charge in [-0.15, -0.1) is 0 Å². The maximum Gasteiger partial charge on any atom is 0.269 e. The van der Waals surface area contributed by atoms with Crippen molar-refractivity contribution in [3.63, 3.8) is 0 Å². The van der Waals surface area contributed by atoms with Crippen molar-refractivity contribution in [1.82, 2.24) is 10.3 Å². The van der Waals surface area contributed by atoms with Crippen molar-refractivity contribution < 1.29 is 4.79 Å². The van der Waals surface area contributed by atoms with Crippen LogP contribution in [0.25, 0.3) is 0 Å². The highest BCUT2D eigenvalue weighted by molar-refractivity contribution is 6.29. The molecule has 1 unspecified atom stereocenters. The molecule has 1 atom stereocenters. The number of aromatic nitrogens is 1. The van der Waals surface area contributed by atoms with Gasteiger partial charge < -0.3 is 5.32 Å². The summed E-state index contributed by atoms with van der Waals surface area (Å²) in [7, 11) is 0. The Morgan fingerprint density at radius 3 is 3.00 bits per heavy atom. The van der Waals surface area contributed by atoms with E-state index >= 15 is 0 Å². The minimum absolute atomic E-state index is 0.144. The van der Waals surface area contributed by atoms with Gasteiger partial charge in [0.25, 0.3) is 5.91 Å². The van der Waals surface area contributed by atoms with Gasteiger partial charge in [-0.3, -0.25) is 4.79 Å². The second-order valence-electron chi connectivity index (χ2n) is 4.37. The van der Waals surface area contributed by atoms with Gasteiger partial charge in [0.1, 0.15) is 10.8 Å². The molecule has 1 fully saturated rings. The summed E-state index contributed by atoms with van der Waals surface area (Å²) in [6.07, 6.45) is 2.60. The minimum atomic E-state index is -0.144. The van der Waals surface area contributed by atoms with Crippen LogP contribution in [0, 0.1) is 11.8 Å². The fourth-order valence-corrected chi connectivity index (χ4v) is 1.87. The molecule has 1 N–H and O–H groups in total. The van der Waals surface area contributed by atoms with E-state index in [0.29, 0.717) is 16.8 Å². The van der Waals surface area contributed by atoms with Crippen molar-refractivity contribution in [2.24, 2.45) is 11.8 Å². The Labute approximate surface area is 100 Å². The number of halogens is 1. The monoisotopic (exact) mass is 238 g/mol. The third-order valence-electron chi connectivity index (χ3n) is 2.96. The van der Waals surface area contributed by atoms with Crippen LogP contribution < -0.4 is 5.32 Å². The smallest absolute Gasteiger partial charge is 0.269 e. The van der Waals surface area contributed by atoms with Crippen molar-refractivity contribution in [1.29, 1.82) is 0 Å². The molecule has 0 aromatic carbocycles. The molecule has 1 aliphatic carbocycles. The second kappa shape index (κ2) is 4.83. The third kappa shape index (κ3) is 2.95. The molecule has 0 aliphatic heterocycles. The Morgan fingerprint density at radius 1 is 1.62 bits per heavy atom. The van der Waals surface area contributed by atoms with Gasteiger partial charge in [-0.2, -0.15) is 0 Å². The zero-order valence-electron chi connectivity index (χ0n) is 9.24. The van der Waals surface area contributed by atoms with Crippen LogP contribution >= 0.6 is 11.6 Å². The van der Waals surface area contributed by atoms with Gasteiger partial charge in [0.15, 0.2) is 0 Å². The predicted octanol–water partition coefficient (Wildman–Crippen LogP) is 2.51. The lowest BCUT2D eigenvalue weighted by Crippen LogP contribution is -2.29. The largest absolute Gasteiger partial charge is 0.350 e. The fourth-order valence-electron chi connectivity index (χ4n) is 1.71. The van der Waals surface area contributed by atoms with Crippen LogP contribution in [0.15, 0.2) is 18.2 Å². The van der Waals surface area contributed by atoms with Crippen molar-refractivity contribution in [3.8, 4) is 0 Å². The maximum atomic E-state index is 11.7. The van der Waals surface area contributed by atoms with Crippen LogP contribution in [0.1, 0.15) is 30.3 Å². The molecule has 86 valence electrons. The average molecular weight is 239 g/mol. The van der Waals surface area contributed by atoms with E-state index in [0.717, 1.165) is 12.5 Å². The van der Waals surface area contributed by atoms with Crippen molar-refractivity contribution in [2.45, 2.75) is 19.8 Å². The van der Waals surface area contributed by atoms with Crippen LogP contribution in [-0.4, -0.2) is 17.4 Å². The zero-order chi connectivity index (χ0) is 11.5. The zero-order valence-corrected chi connectivity index (χ0v) is 10.00. The summed E-state index contributed by atoms with van der Waals surface area (Å²) in [6.45, 7) is 2.89. The Balaban J connectivity index is 1.87. The highest BCUT2D eigenvalue weighted by atomic mass is 35.5. The van der Waals surface area contributed by atoms with Gasteiger partial charge in [-0.1, -0.05) is 24.6 Å². The highest BCUT2D eigenvalue weighted by Gasteiger charge is 2.27. The number of rotatable bonds is 4. The predicted molar refractivity (Wildman–Crippen MR) is 63.5 cm³/mol. The summed E-state index contributed by atoms with van der Waals surface area (Å²) >= 11 is 5.72. The molecular weight excluding hydrogens is 224 g/mol. The molecule has 1 aromatic rings. The number of amides is 1. The summed E-state index contributed by atoms with van der Waals surface area (Å²) in [5.41, 5.74) is 0.385. The summed E-state index contributed by atoms with van der Waals surface area (Å²) in [5.74, 6) is 1.21. The van der Waals surface area contributed by atoms with Gasteiger partial charge in [0, 0.05) is 6.54 Å². The van der Waals surface area contributed by atoms with Crippen LogP contribution in [0.4, 0.5) is 0 Å². The number of carbonyl (C=O) groups is 1. The summed E-state index contributed by atoms with van der Waals surface area (Å²) in [5, 5.41) is 3.24. The molecule has 0 spiro atoms. The standard InChI is InChI=1S/C12H15ClN2O/c1-8(9-5-6-9)7-14-12(16)10-3-2-4-11(13)15-10/h2-4,8-9H,5-7H2,1H3,(H,14,16). The summed E-state index contributed by atoms with van der Waals surface area (Å²) < 4.78 is 0. The Hall–Kier alpha value is -1.09. The molecule has 0 saturated heterocycles. The van der Waals surface area contributed by atoms with Crippen LogP contribution in [0.5, 0.6) is 0 Å². The molecule has 1 aliphatic rings. The van der Waals surface area contributed by atoms with E-state index in [4.69, 9.17) is 11.6 Å². The van der Waals surface area contributed by atoms with Crippen molar-refractivity contribution in [2.75, 3.05) is 6.54 Å². The molecule has 1 heterocycles. The molecule has 1 amide bonds. The summed E-state index contributed by atoms with van der Waals surface area (Å²) in [4.78, 5) is 15.7. The molecule has 3 nitrogen and oxygen atoms in total. The normalized spacial score (nSPS) is 16.9. The SMILES string of the molecule is CC(CNC(=O)c1cccc(Cl)n1)C1CC1. The van der Waals surface area contributed by atoms with Gasteiger partial charge in [0.2, 0.25) is 0 Å². The topological polar surface area (TPSA) is 42.0 Å². The molecule has 0 bridgehead atoms. The quantitative estimate of drug-likeness (QED) is 0.819. The second-order valence-corrected chi connectivity index (χ2v) is 4.76. The van der Waals surface area contributed by atoms with Crippen molar-refractivity contribution in [3.05, 3.63) is 29.0 Å². The van der Waals surface area contributed by atoms with Gasteiger partial charge in [-0.05, 0) is 36.8 Å². The molecular formula is C12H15ClN2O. The molecule has 16 heavy (non-hydrogen) atoms. The lowest BCUT2D eigenvalue weighted by atomic mass is 10.1. The molecule has 0 radical (unpaired) electrons. The van der Waals surface area contributed by atoms with E-state index in [1.165, 1.54) is 12.8 Å². The van der Waals surface area contributed by atoms with E-state index in [9.17, 15) is 4.79 Å². The third-order valence-corrected chi connectivity index (χ3v) is 3.17. The Kier molecular flexibility index (Phi) is 3.44. The maximum absolute atomic E-state index is 11.7. The average Bonchev–Trinajstić information content (AvgIpc) is 3.09. The van der Waals surface area contributed by atoms with E-state index in [1.54, 1.807) is 18.2 Å². The summed E-state index contributed by atoms with van der Waals surface area (Å²) in [6, 6.07) is 5.06. The minimum Gasteiger partial charge on any atom is -0.350 e. The van der Waals surface area contributed by atoms with Gasteiger partial charge in [-0.25, -0.2) is 4.98 Å². The number of carbonyl (C=O) groups excluding carboxylic acids is 1. The van der Waals surface area contributed by atoms with E-state index in [-0.39, 0.29) is 5.91 Å². The van der Waals surface area contributed by atoms with E-state index < -0.39 is 0 Å². The number of nitrogens with zero attached hydrogens (tertiary/aromatic N) is 1. The van der Waals surface area contributed by atoms with Gasteiger partial charge >= 0.3 is 0 Å². The fraction of sp³-hybridized carbons (Fsp3) is 0.500. The molecule has 4 heteroatoms. The van der Waals surface area contributed by atoms with Gasteiger partial charge in [0.05, 0.1) is 0 Å². The Morgan fingerprint density at radius 2 is 2.38 bits per heavy atom. The lowest BCUT2D eigenvalue weighted by molar-refractivity contribution is 0.0941. The lowest BCUT2D eigenvalue weighted by Gasteiger charge is -2.10. The van der Waals surface area contributed by atoms with E-state index in [2.05, 4.69) is 17.2 Å². The molecule has 1 saturated carbocycles. The van der Waals surface area contributed by atoms with Crippen LogP contribution in [-0.2, 0) is 0 Å². The number of pyridine rings is 1. The first kappa shape index (κ1) is 11.4. The molecule has 2 rings (SSSR count). The van der Waals surface area contributed by atoms with E-state index in [1.807, 2.05) is 0 Å². The highest BCUT2D eigenvalue weighted by Crippen LogP contribution is 2.36.